The van der Waals surface area contributed by atoms with E-state index >= 15 is 0 Å². The van der Waals surface area contributed by atoms with Gasteiger partial charge in [0.05, 0.1) is 11.4 Å². The van der Waals surface area contributed by atoms with E-state index in [4.69, 9.17) is 16.7 Å². The van der Waals surface area contributed by atoms with E-state index in [9.17, 15) is 13.6 Å². The third kappa shape index (κ3) is 3.09. The minimum atomic E-state index is -1.12. The predicted molar refractivity (Wildman–Crippen MR) is 68.1 cm³/mol. The Balaban J connectivity index is 2.48. The highest BCUT2D eigenvalue weighted by Gasteiger charge is 2.11. The molecule has 0 saturated heterocycles. The van der Waals surface area contributed by atoms with Crippen LogP contribution in [0.5, 0.6) is 0 Å². The summed E-state index contributed by atoms with van der Waals surface area (Å²) < 4.78 is 26.4. The van der Waals surface area contributed by atoms with Gasteiger partial charge in [-0.25, -0.2) is 8.78 Å². The highest BCUT2D eigenvalue weighted by molar-refractivity contribution is 6.33. The van der Waals surface area contributed by atoms with Crippen molar-refractivity contribution < 1.29 is 18.7 Å². The van der Waals surface area contributed by atoms with Gasteiger partial charge in [-0.05, 0) is 41.5 Å². The zero-order chi connectivity index (χ0) is 14.0. The second-order valence-corrected chi connectivity index (χ2v) is 4.41. The molecule has 1 N–H and O–H groups in total. The first kappa shape index (κ1) is 13.5. The number of hydrogen-bond acceptors (Lipinski definition) is 1. The summed E-state index contributed by atoms with van der Waals surface area (Å²) in [5.41, 5.74) is 1.13. The van der Waals surface area contributed by atoms with Crippen molar-refractivity contribution >= 4 is 17.6 Å². The van der Waals surface area contributed by atoms with Crippen LogP contribution in [0.3, 0.4) is 0 Å². The van der Waals surface area contributed by atoms with E-state index in [1.807, 2.05) is 0 Å². The van der Waals surface area contributed by atoms with E-state index in [1.54, 1.807) is 0 Å². The van der Waals surface area contributed by atoms with Gasteiger partial charge in [-0.3, -0.25) is 4.79 Å². The van der Waals surface area contributed by atoms with E-state index in [0.29, 0.717) is 11.1 Å². The van der Waals surface area contributed by atoms with Crippen LogP contribution in [0.2, 0.25) is 5.02 Å². The van der Waals surface area contributed by atoms with Gasteiger partial charge in [-0.1, -0.05) is 17.7 Å². The molecule has 2 rings (SSSR count). The Kier molecular flexibility index (Phi) is 3.81. The number of carboxylic acids is 1. The summed E-state index contributed by atoms with van der Waals surface area (Å²) in [7, 11) is 0. The molecule has 2 aromatic carbocycles. The summed E-state index contributed by atoms with van der Waals surface area (Å²) in [4.78, 5) is 10.6. The van der Waals surface area contributed by atoms with Crippen LogP contribution in [0.25, 0.3) is 11.1 Å². The molecular formula is C14H9ClF2O2. The summed E-state index contributed by atoms with van der Waals surface area (Å²) in [6, 6.07) is 7.91. The molecule has 0 bridgehead atoms. The zero-order valence-corrected chi connectivity index (χ0v) is 10.4. The van der Waals surface area contributed by atoms with Crippen molar-refractivity contribution in [2.24, 2.45) is 0 Å². The Morgan fingerprint density at radius 3 is 2.53 bits per heavy atom. The molecule has 0 aliphatic rings. The summed E-state index contributed by atoms with van der Waals surface area (Å²) in [6.07, 6.45) is -0.418. The van der Waals surface area contributed by atoms with E-state index < -0.39 is 24.0 Å². The third-order valence-electron chi connectivity index (χ3n) is 2.63. The fraction of sp³-hybridized carbons (Fsp3) is 0.0714. The van der Waals surface area contributed by atoms with Gasteiger partial charge < -0.3 is 5.11 Å². The maximum absolute atomic E-state index is 13.5. The Hall–Kier alpha value is -1.94. The first-order valence-electron chi connectivity index (χ1n) is 5.43. The molecule has 0 unspecified atom stereocenters. The maximum atomic E-state index is 13.5. The molecule has 0 amide bonds. The molecule has 0 atom stereocenters. The summed E-state index contributed by atoms with van der Waals surface area (Å²) >= 11 is 5.91. The molecular weight excluding hydrogens is 274 g/mol. The second-order valence-electron chi connectivity index (χ2n) is 4.00. The Bertz CT molecular complexity index is 641. The molecule has 0 spiro atoms. The maximum Gasteiger partial charge on any atom is 0.307 e. The van der Waals surface area contributed by atoms with Gasteiger partial charge in [0.15, 0.2) is 0 Å². The van der Waals surface area contributed by atoms with Gasteiger partial charge in [0.25, 0.3) is 0 Å². The Labute approximate surface area is 113 Å². The van der Waals surface area contributed by atoms with Crippen molar-refractivity contribution in [1.82, 2.24) is 0 Å². The van der Waals surface area contributed by atoms with Crippen LogP contribution >= 0.6 is 11.6 Å². The SMILES string of the molecule is O=C(O)Cc1cc(-c2ccc(F)cc2Cl)ccc1F. The minimum absolute atomic E-state index is 0.0605. The molecule has 0 aliphatic carbocycles. The number of rotatable bonds is 3. The van der Waals surface area contributed by atoms with Gasteiger partial charge in [0.1, 0.15) is 11.6 Å². The summed E-state index contributed by atoms with van der Waals surface area (Å²) in [5.74, 6) is -2.19. The van der Waals surface area contributed by atoms with Crippen LogP contribution in [-0.2, 0) is 11.2 Å². The van der Waals surface area contributed by atoms with Crippen LogP contribution in [0.4, 0.5) is 8.78 Å². The number of carboxylic acid groups (broad SMARTS) is 1. The van der Waals surface area contributed by atoms with Crippen molar-refractivity contribution in [2.75, 3.05) is 0 Å². The number of benzene rings is 2. The number of halogens is 3. The predicted octanol–water partition coefficient (Wildman–Crippen LogP) is 3.91. The summed E-state index contributed by atoms with van der Waals surface area (Å²) in [6.45, 7) is 0. The lowest BCUT2D eigenvalue weighted by Crippen LogP contribution is -2.02. The quantitative estimate of drug-likeness (QED) is 0.926. The fourth-order valence-electron chi connectivity index (χ4n) is 1.76. The number of carbonyl (C=O) groups is 1. The van der Waals surface area contributed by atoms with E-state index in [-0.39, 0.29) is 10.6 Å². The van der Waals surface area contributed by atoms with Gasteiger partial charge >= 0.3 is 5.97 Å². The zero-order valence-electron chi connectivity index (χ0n) is 9.66. The average molecular weight is 283 g/mol. The molecule has 0 saturated carbocycles. The van der Waals surface area contributed by atoms with Crippen LogP contribution in [0.1, 0.15) is 5.56 Å². The third-order valence-corrected chi connectivity index (χ3v) is 2.94. The monoisotopic (exact) mass is 282 g/mol. The van der Waals surface area contributed by atoms with Crippen LogP contribution in [-0.4, -0.2) is 11.1 Å². The van der Waals surface area contributed by atoms with Gasteiger partial charge in [-0.15, -0.1) is 0 Å². The molecule has 19 heavy (non-hydrogen) atoms. The van der Waals surface area contributed by atoms with Crippen molar-refractivity contribution in [1.29, 1.82) is 0 Å². The van der Waals surface area contributed by atoms with Crippen molar-refractivity contribution in [3.8, 4) is 11.1 Å². The molecule has 2 nitrogen and oxygen atoms in total. The molecule has 5 heteroatoms. The normalized spacial score (nSPS) is 10.5. The molecule has 0 radical (unpaired) electrons. The van der Waals surface area contributed by atoms with E-state index in [2.05, 4.69) is 0 Å². The molecule has 0 fully saturated rings. The summed E-state index contributed by atoms with van der Waals surface area (Å²) in [5, 5.41) is 8.89. The standard InChI is InChI=1S/C14H9ClF2O2/c15-12-7-10(16)2-3-11(12)8-1-4-13(17)9(5-8)6-14(18)19/h1-5,7H,6H2,(H,18,19). The number of aliphatic carboxylic acids is 1. The molecule has 0 heterocycles. The Morgan fingerprint density at radius 2 is 1.89 bits per heavy atom. The van der Waals surface area contributed by atoms with Crippen LogP contribution in [0, 0.1) is 11.6 Å². The molecule has 98 valence electrons. The van der Waals surface area contributed by atoms with Gasteiger partial charge in [0.2, 0.25) is 0 Å². The van der Waals surface area contributed by atoms with Crippen LogP contribution in [0.15, 0.2) is 36.4 Å². The minimum Gasteiger partial charge on any atom is -0.481 e. The largest absolute Gasteiger partial charge is 0.481 e. The highest BCUT2D eigenvalue weighted by atomic mass is 35.5. The second kappa shape index (κ2) is 5.36. The van der Waals surface area contributed by atoms with Gasteiger partial charge in [-0.2, -0.15) is 0 Å². The number of hydrogen-bond donors (Lipinski definition) is 1. The molecule has 0 aromatic heterocycles. The van der Waals surface area contributed by atoms with Crippen molar-refractivity contribution in [3.05, 3.63) is 58.6 Å². The topological polar surface area (TPSA) is 37.3 Å². The van der Waals surface area contributed by atoms with Crippen LogP contribution < -0.4 is 0 Å². The first-order chi connectivity index (χ1) is 8.97. The van der Waals surface area contributed by atoms with E-state index in [0.717, 1.165) is 6.07 Å². The fourth-order valence-corrected chi connectivity index (χ4v) is 2.04. The van der Waals surface area contributed by atoms with E-state index in [1.165, 1.54) is 30.3 Å². The lowest BCUT2D eigenvalue weighted by Gasteiger charge is -2.07. The Morgan fingerprint density at radius 1 is 1.16 bits per heavy atom. The lowest BCUT2D eigenvalue weighted by molar-refractivity contribution is -0.136. The molecule has 2 aromatic rings. The average Bonchev–Trinajstić information content (AvgIpc) is 2.32. The van der Waals surface area contributed by atoms with Crippen molar-refractivity contribution in [3.63, 3.8) is 0 Å². The molecule has 0 aliphatic heterocycles. The highest BCUT2D eigenvalue weighted by Crippen LogP contribution is 2.29. The smallest absolute Gasteiger partial charge is 0.307 e. The lowest BCUT2D eigenvalue weighted by atomic mass is 10.0. The van der Waals surface area contributed by atoms with Gasteiger partial charge in [0, 0.05) is 5.56 Å². The first-order valence-corrected chi connectivity index (χ1v) is 5.81. The van der Waals surface area contributed by atoms with Crippen molar-refractivity contribution in [2.45, 2.75) is 6.42 Å².